The highest BCUT2D eigenvalue weighted by Crippen LogP contribution is 2.26. The Morgan fingerprint density at radius 1 is 1.38 bits per heavy atom. The minimum Gasteiger partial charge on any atom is -0.480 e. The van der Waals surface area contributed by atoms with Gasteiger partial charge in [0.15, 0.2) is 0 Å². The number of amides is 1. The van der Waals surface area contributed by atoms with E-state index in [1.807, 2.05) is 0 Å². The van der Waals surface area contributed by atoms with Gasteiger partial charge in [0, 0.05) is 6.54 Å². The zero-order valence-corrected chi connectivity index (χ0v) is 10.6. The highest BCUT2D eigenvalue weighted by molar-refractivity contribution is 5.97. The maximum Gasteiger partial charge on any atom is 0.326 e. The molecule has 1 N–H and O–H groups in total. The molecule has 0 bridgehead atoms. The summed E-state index contributed by atoms with van der Waals surface area (Å²) in [5.41, 5.74) is -2.00. The maximum absolute atomic E-state index is 13.9. The van der Waals surface area contributed by atoms with Gasteiger partial charge in [0.05, 0.1) is 16.6 Å². The summed E-state index contributed by atoms with van der Waals surface area (Å²) < 4.78 is 27.2. The van der Waals surface area contributed by atoms with Crippen molar-refractivity contribution >= 4 is 17.6 Å². The molecule has 0 radical (unpaired) electrons. The molecule has 21 heavy (non-hydrogen) atoms. The third-order valence-corrected chi connectivity index (χ3v) is 3.24. The Hall–Kier alpha value is -2.58. The second-order valence-electron chi connectivity index (χ2n) is 4.54. The Balaban J connectivity index is 2.44. The minimum atomic E-state index is -1.47. The first-order chi connectivity index (χ1) is 9.82. The number of likely N-dealkylation sites (tertiary alicyclic amines) is 1. The number of aliphatic carboxylic acids is 1. The molecule has 0 unspecified atom stereocenters. The number of hydrogen-bond donors (Lipinski definition) is 1. The van der Waals surface area contributed by atoms with E-state index in [4.69, 9.17) is 5.11 Å². The first-order valence-electron chi connectivity index (χ1n) is 6.00. The smallest absolute Gasteiger partial charge is 0.326 e. The van der Waals surface area contributed by atoms with Gasteiger partial charge in [-0.15, -0.1) is 0 Å². The molecule has 9 heteroatoms. The topological polar surface area (TPSA) is 101 Å². The summed E-state index contributed by atoms with van der Waals surface area (Å²) in [5.74, 6) is -4.94. The number of nitrogens with zero attached hydrogens (tertiary/aromatic N) is 2. The fourth-order valence-electron chi connectivity index (χ4n) is 2.28. The van der Waals surface area contributed by atoms with Gasteiger partial charge in [0.2, 0.25) is 5.82 Å². The van der Waals surface area contributed by atoms with Crippen LogP contribution in [0, 0.1) is 21.7 Å². The lowest BCUT2D eigenvalue weighted by Gasteiger charge is -2.21. The number of hydrogen-bond acceptors (Lipinski definition) is 4. The number of carboxylic acids is 1. The molecule has 7 nitrogen and oxygen atoms in total. The lowest BCUT2D eigenvalue weighted by atomic mass is 10.1. The van der Waals surface area contributed by atoms with Crippen molar-refractivity contribution in [3.8, 4) is 0 Å². The SMILES string of the molecule is O=C(O)[C@@H]1CCCN1C(=O)c1cc(F)cc([N+](=O)[O-])c1F. The molecule has 1 aliphatic heterocycles. The molecule has 2 rings (SSSR count). The van der Waals surface area contributed by atoms with E-state index in [9.17, 15) is 28.5 Å². The van der Waals surface area contributed by atoms with Crippen molar-refractivity contribution in [3.63, 3.8) is 0 Å². The van der Waals surface area contributed by atoms with E-state index >= 15 is 0 Å². The standard InChI is InChI=1S/C12H10F2N2O5/c13-6-4-7(10(14)9(5-6)16(20)21)11(17)15-3-1-2-8(15)12(18)19/h4-5,8H,1-3H2,(H,18,19)/t8-/m0/s1. The fourth-order valence-corrected chi connectivity index (χ4v) is 2.28. The second kappa shape index (κ2) is 5.43. The van der Waals surface area contributed by atoms with Gasteiger partial charge in [-0.2, -0.15) is 4.39 Å². The Bertz CT molecular complexity index is 634. The molecule has 1 fully saturated rings. The highest BCUT2D eigenvalue weighted by Gasteiger charge is 2.36. The molecule has 1 atom stereocenters. The summed E-state index contributed by atoms with van der Waals surface area (Å²) in [6.45, 7) is 0.0690. The third-order valence-electron chi connectivity index (χ3n) is 3.24. The monoisotopic (exact) mass is 300 g/mol. The summed E-state index contributed by atoms with van der Waals surface area (Å²) in [7, 11) is 0. The molecule has 112 valence electrons. The number of carbonyl (C=O) groups excluding carboxylic acids is 1. The molecule has 1 aliphatic rings. The highest BCUT2D eigenvalue weighted by atomic mass is 19.1. The van der Waals surface area contributed by atoms with Crippen molar-refractivity contribution in [3.05, 3.63) is 39.4 Å². The van der Waals surface area contributed by atoms with E-state index in [0.717, 1.165) is 4.90 Å². The van der Waals surface area contributed by atoms with Crippen molar-refractivity contribution < 1.29 is 28.4 Å². The van der Waals surface area contributed by atoms with E-state index in [-0.39, 0.29) is 13.0 Å². The maximum atomic E-state index is 13.9. The van der Waals surface area contributed by atoms with E-state index in [2.05, 4.69) is 0 Å². The zero-order valence-electron chi connectivity index (χ0n) is 10.6. The number of carbonyl (C=O) groups is 2. The summed E-state index contributed by atoms with van der Waals surface area (Å²) in [4.78, 5) is 33.5. The molecule has 1 aromatic carbocycles. The number of nitro benzene ring substituents is 1. The number of carboxylic acid groups (broad SMARTS) is 1. The Morgan fingerprint density at radius 2 is 2.05 bits per heavy atom. The van der Waals surface area contributed by atoms with Crippen molar-refractivity contribution in [1.82, 2.24) is 4.90 Å². The van der Waals surface area contributed by atoms with Crippen LogP contribution in [0.15, 0.2) is 12.1 Å². The van der Waals surface area contributed by atoms with Gasteiger partial charge in [-0.25, -0.2) is 9.18 Å². The summed E-state index contributed by atoms with van der Waals surface area (Å²) in [6.07, 6.45) is 0.599. The van der Waals surface area contributed by atoms with Crippen molar-refractivity contribution in [2.45, 2.75) is 18.9 Å². The molecular formula is C12H10F2N2O5. The van der Waals surface area contributed by atoms with Crippen molar-refractivity contribution in [2.24, 2.45) is 0 Å². The average Bonchev–Trinajstić information content (AvgIpc) is 2.89. The molecule has 0 aliphatic carbocycles. The summed E-state index contributed by atoms with van der Waals surface area (Å²) in [6, 6.07) is -0.244. The molecule has 1 saturated heterocycles. The largest absolute Gasteiger partial charge is 0.480 e. The summed E-state index contributed by atoms with van der Waals surface area (Å²) >= 11 is 0. The predicted molar refractivity (Wildman–Crippen MR) is 64.7 cm³/mol. The number of halogens is 2. The molecule has 0 spiro atoms. The quantitative estimate of drug-likeness (QED) is 0.674. The number of benzene rings is 1. The molecule has 1 heterocycles. The van der Waals surface area contributed by atoms with Gasteiger partial charge in [0.25, 0.3) is 5.91 Å². The van der Waals surface area contributed by atoms with E-state index in [0.29, 0.717) is 18.6 Å². The Labute approximate surface area is 116 Å². The van der Waals surface area contributed by atoms with Crippen LogP contribution in [0.3, 0.4) is 0 Å². The Morgan fingerprint density at radius 3 is 2.62 bits per heavy atom. The molecule has 0 aromatic heterocycles. The molecular weight excluding hydrogens is 290 g/mol. The van der Waals surface area contributed by atoms with Crippen LogP contribution in [0.4, 0.5) is 14.5 Å². The van der Waals surface area contributed by atoms with E-state index in [1.165, 1.54) is 0 Å². The van der Waals surface area contributed by atoms with Crippen LogP contribution in [-0.2, 0) is 4.79 Å². The van der Waals surface area contributed by atoms with Gasteiger partial charge in [-0.3, -0.25) is 14.9 Å². The first kappa shape index (κ1) is 14.8. The van der Waals surface area contributed by atoms with Gasteiger partial charge < -0.3 is 10.0 Å². The van der Waals surface area contributed by atoms with E-state index < -0.39 is 45.7 Å². The molecule has 1 amide bonds. The van der Waals surface area contributed by atoms with Gasteiger partial charge >= 0.3 is 11.7 Å². The zero-order chi connectivity index (χ0) is 15.7. The van der Waals surface area contributed by atoms with Crippen LogP contribution >= 0.6 is 0 Å². The lowest BCUT2D eigenvalue weighted by molar-refractivity contribution is -0.387. The predicted octanol–water partition coefficient (Wildman–Crippen LogP) is 1.56. The number of rotatable bonds is 3. The van der Waals surface area contributed by atoms with Gasteiger partial charge in [0.1, 0.15) is 11.9 Å². The van der Waals surface area contributed by atoms with Crippen LogP contribution in [0.5, 0.6) is 0 Å². The first-order valence-corrected chi connectivity index (χ1v) is 6.00. The van der Waals surface area contributed by atoms with Crippen LogP contribution in [-0.4, -0.2) is 39.4 Å². The number of nitro groups is 1. The normalized spacial score (nSPS) is 17.8. The van der Waals surface area contributed by atoms with Gasteiger partial charge in [-0.1, -0.05) is 0 Å². The molecule has 0 saturated carbocycles. The molecule has 1 aromatic rings. The summed E-state index contributed by atoms with van der Waals surface area (Å²) in [5, 5.41) is 19.6. The lowest BCUT2D eigenvalue weighted by Crippen LogP contribution is -2.40. The average molecular weight is 300 g/mol. The van der Waals surface area contributed by atoms with E-state index in [1.54, 1.807) is 0 Å². The van der Waals surface area contributed by atoms with Crippen molar-refractivity contribution in [2.75, 3.05) is 6.54 Å². The van der Waals surface area contributed by atoms with Crippen molar-refractivity contribution in [1.29, 1.82) is 0 Å². The second-order valence-corrected chi connectivity index (χ2v) is 4.54. The Kier molecular flexibility index (Phi) is 3.83. The van der Waals surface area contributed by atoms with Crippen LogP contribution < -0.4 is 0 Å². The van der Waals surface area contributed by atoms with Crippen LogP contribution in [0.1, 0.15) is 23.2 Å². The minimum absolute atomic E-state index is 0.0690. The third kappa shape index (κ3) is 2.67. The van der Waals surface area contributed by atoms with Crippen LogP contribution in [0.25, 0.3) is 0 Å². The van der Waals surface area contributed by atoms with Gasteiger partial charge in [-0.05, 0) is 18.9 Å². The fraction of sp³-hybridized carbons (Fsp3) is 0.333. The van der Waals surface area contributed by atoms with Crippen LogP contribution in [0.2, 0.25) is 0 Å².